The number of nitrogens with one attached hydrogen (secondary N) is 1. The third-order valence-electron chi connectivity index (χ3n) is 3.69. The minimum absolute atomic E-state index is 0.145. The number of hydrogen-bond donors (Lipinski definition) is 1. The van der Waals surface area contributed by atoms with E-state index in [0.717, 1.165) is 23.6 Å². The van der Waals surface area contributed by atoms with Gasteiger partial charge in [0.2, 0.25) is 0 Å². The van der Waals surface area contributed by atoms with Crippen LogP contribution in [0.15, 0.2) is 18.2 Å². The fourth-order valence-electron chi connectivity index (χ4n) is 2.13. The molecule has 2 unspecified atom stereocenters. The molecule has 94 valence electrons. The van der Waals surface area contributed by atoms with Crippen LogP contribution in [0.1, 0.15) is 25.8 Å². The molecular formula is C13H16Cl3N. The smallest absolute Gasteiger partial charge is 0.0451 e. The largest absolute Gasteiger partial charge is 0.309 e. The first-order valence-electron chi connectivity index (χ1n) is 5.72. The lowest BCUT2D eigenvalue weighted by atomic mass is 9.67. The fourth-order valence-corrected chi connectivity index (χ4v) is 2.84. The van der Waals surface area contributed by atoms with E-state index in [1.165, 1.54) is 0 Å². The van der Waals surface area contributed by atoms with E-state index >= 15 is 0 Å². The van der Waals surface area contributed by atoms with Gasteiger partial charge in [0, 0.05) is 28.0 Å². The predicted octanol–water partition coefficient (Wildman–Crippen LogP) is 4.49. The minimum atomic E-state index is 0.145. The van der Waals surface area contributed by atoms with E-state index in [4.69, 9.17) is 34.8 Å². The molecule has 0 spiro atoms. The molecule has 1 saturated carbocycles. The maximum absolute atomic E-state index is 6.19. The lowest BCUT2D eigenvalue weighted by Gasteiger charge is -2.49. The van der Waals surface area contributed by atoms with Crippen molar-refractivity contribution in [2.75, 3.05) is 0 Å². The fraction of sp³-hybridized carbons (Fsp3) is 0.538. The summed E-state index contributed by atoms with van der Waals surface area (Å²) in [6.45, 7) is 5.11. The summed E-state index contributed by atoms with van der Waals surface area (Å²) in [6, 6.07) is 5.98. The Bertz CT molecular complexity index is 417. The lowest BCUT2D eigenvalue weighted by molar-refractivity contribution is 0.115. The van der Waals surface area contributed by atoms with Crippen molar-refractivity contribution in [2.45, 2.75) is 38.2 Å². The molecule has 2 rings (SSSR count). The highest BCUT2D eigenvalue weighted by Gasteiger charge is 2.46. The van der Waals surface area contributed by atoms with Gasteiger partial charge >= 0.3 is 0 Å². The Morgan fingerprint density at radius 1 is 1.35 bits per heavy atom. The molecular weight excluding hydrogens is 277 g/mol. The highest BCUT2D eigenvalue weighted by atomic mass is 35.5. The summed E-state index contributed by atoms with van der Waals surface area (Å²) >= 11 is 18.3. The van der Waals surface area contributed by atoms with Crippen LogP contribution in [-0.4, -0.2) is 11.4 Å². The van der Waals surface area contributed by atoms with Gasteiger partial charge in [-0.05, 0) is 35.6 Å². The molecule has 1 aliphatic rings. The molecule has 0 saturated heterocycles. The van der Waals surface area contributed by atoms with Gasteiger partial charge in [0.05, 0.1) is 0 Å². The summed E-state index contributed by atoms with van der Waals surface area (Å²) in [6.07, 6.45) is 1.01. The Hall–Kier alpha value is 0.0500. The minimum Gasteiger partial charge on any atom is -0.309 e. The van der Waals surface area contributed by atoms with Crippen molar-refractivity contribution in [3.8, 4) is 0 Å². The van der Waals surface area contributed by atoms with Crippen LogP contribution in [-0.2, 0) is 6.54 Å². The Kier molecular flexibility index (Phi) is 3.94. The molecule has 1 aliphatic carbocycles. The van der Waals surface area contributed by atoms with E-state index in [2.05, 4.69) is 19.2 Å². The van der Waals surface area contributed by atoms with Crippen LogP contribution in [0.2, 0.25) is 10.0 Å². The summed E-state index contributed by atoms with van der Waals surface area (Å²) in [7, 11) is 0. The number of rotatable bonds is 3. The normalized spacial score (nSPS) is 26.6. The number of hydrogen-bond acceptors (Lipinski definition) is 1. The third kappa shape index (κ3) is 2.73. The van der Waals surface area contributed by atoms with Crippen molar-refractivity contribution < 1.29 is 0 Å². The number of alkyl halides is 1. The van der Waals surface area contributed by atoms with Crippen LogP contribution in [0, 0.1) is 5.41 Å². The molecule has 0 aliphatic heterocycles. The first-order chi connectivity index (χ1) is 7.91. The van der Waals surface area contributed by atoms with Crippen molar-refractivity contribution in [3.63, 3.8) is 0 Å². The zero-order chi connectivity index (χ0) is 12.6. The lowest BCUT2D eigenvalue weighted by Crippen LogP contribution is -2.57. The average molecular weight is 293 g/mol. The standard InChI is InChI=1S/C13H16Cl3N/c1-13(2)11(16)6-12(13)17-7-8-5-9(14)3-4-10(8)15/h3-5,11-12,17H,6-7H2,1-2H3. The van der Waals surface area contributed by atoms with Crippen LogP contribution in [0.5, 0.6) is 0 Å². The Balaban J connectivity index is 1.97. The summed E-state index contributed by atoms with van der Waals surface area (Å²) in [5.74, 6) is 0. The van der Waals surface area contributed by atoms with E-state index < -0.39 is 0 Å². The summed E-state index contributed by atoms with van der Waals surface area (Å²) < 4.78 is 0. The first kappa shape index (κ1) is 13.5. The Morgan fingerprint density at radius 3 is 2.65 bits per heavy atom. The Labute approximate surface area is 117 Å². The van der Waals surface area contributed by atoms with Gasteiger partial charge in [0.1, 0.15) is 0 Å². The van der Waals surface area contributed by atoms with Crippen molar-refractivity contribution in [1.29, 1.82) is 0 Å². The SMILES string of the molecule is CC1(C)C(Cl)CC1NCc1cc(Cl)ccc1Cl. The average Bonchev–Trinajstić information content (AvgIpc) is 2.28. The maximum Gasteiger partial charge on any atom is 0.0451 e. The molecule has 1 fully saturated rings. The third-order valence-corrected chi connectivity index (χ3v) is 5.04. The van der Waals surface area contributed by atoms with Gasteiger partial charge < -0.3 is 5.32 Å². The van der Waals surface area contributed by atoms with Gasteiger partial charge in [-0.15, -0.1) is 11.6 Å². The molecule has 1 nitrogen and oxygen atoms in total. The van der Waals surface area contributed by atoms with Crippen LogP contribution in [0.4, 0.5) is 0 Å². The maximum atomic E-state index is 6.19. The van der Waals surface area contributed by atoms with Gasteiger partial charge in [0.25, 0.3) is 0 Å². The van der Waals surface area contributed by atoms with E-state index in [0.29, 0.717) is 11.1 Å². The molecule has 4 heteroatoms. The summed E-state index contributed by atoms with van der Waals surface area (Å²) in [4.78, 5) is 0. The zero-order valence-electron chi connectivity index (χ0n) is 9.93. The Morgan fingerprint density at radius 2 is 2.06 bits per heavy atom. The van der Waals surface area contributed by atoms with Gasteiger partial charge in [0.15, 0.2) is 0 Å². The predicted molar refractivity (Wildman–Crippen MR) is 75.1 cm³/mol. The van der Waals surface area contributed by atoms with Gasteiger partial charge in [-0.2, -0.15) is 0 Å². The van der Waals surface area contributed by atoms with Crippen molar-refractivity contribution in [3.05, 3.63) is 33.8 Å². The van der Waals surface area contributed by atoms with Crippen LogP contribution < -0.4 is 5.32 Å². The highest BCUT2D eigenvalue weighted by Crippen LogP contribution is 2.44. The van der Waals surface area contributed by atoms with Crippen molar-refractivity contribution in [2.24, 2.45) is 5.41 Å². The molecule has 2 atom stereocenters. The molecule has 1 aromatic carbocycles. The molecule has 0 aromatic heterocycles. The van der Waals surface area contributed by atoms with Gasteiger partial charge in [-0.25, -0.2) is 0 Å². The number of benzene rings is 1. The van der Waals surface area contributed by atoms with E-state index in [9.17, 15) is 0 Å². The number of halogens is 3. The first-order valence-corrected chi connectivity index (χ1v) is 6.92. The molecule has 0 bridgehead atoms. The second-order valence-corrected chi connectivity index (χ2v) is 6.56. The van der Waals surface area contributed by atoms with E-state index in [-0.39, 0.29) is 10.8 Å². The van der Waals surface area contributed by atoms with Gasteiger partial charge in [-0.1, -0.05) is 37.0 Å². The zero-order valence-corrected chi connectivity index (χ0v) is 12.2. The molecule has 17 heavy (non-hydrogen) atoms. The van der Waals surface area contributed by atoms with Crippen LogP contribution in [0.25, 0.3) is 0 Å². The summed E-state index contributed by atoms with van der Waals surface area (Å²) in [5.41, 5.74) is 1.18. The summed E-state index contributed by atoms with van der Waals surface area (Å²) in [5, 5.41) is 5.22. The second-order valence-electron chi connectivity index (χ2n) is 5.19. The molecule has 1 N–H and O–H groups in total. The van der Waals surface area contributed by atoms with Crippen molar-refractivity contribution in [1.82, 2.24) is 5.32 Å². The van der Waals surface area contributed by atoms with Crippen LogP contribution >= 0.6 is 34.8 Å². The quantitative estimate of drug-likeness (QED) is 0.810. The van der Waals surface area contributed by atoms with E-state index in [1.54, 1.807) is 6.07 Å². The van der Waals surface area contributed by atoms with Gasteiger partial charge in [-0.3, -0.25) is 0 Å². The van der Waals surface area contributed by atoms with E-state index in [1.807, 2.05) is 12.1 Å². The monoisotopic (exact) mass is 291 g/mol. The molecule has 0 amide bonds. The molecule has 0 radical (unpaired) electrons. The van der Waals surface area contributed by atoms with Crippen molar-refractivity contribution >= 4 is 34.8 Å². The molecule has 0 heterocycles. The van der Waals surface area contributed by atoms with Crippen LogP contribution in [0.3, 0.4) is 0 Å². The topological polar surface area (TPSA) is 12.0 Å². The molecule has 1 aromatic rings. The highest BCUT2D eigenvalue weighted by molar-refractivity contribution is 6.33. The second kappa shape index (κ2) is 4.97.